The first-order valence-electron chi connectivity index (χ1n) is 6.84. The Morgan fingerprint density at radius 1 is 1.18 bits per heavy atom. The van der Waals surface area contributed by atoms with Crippen molar-refractivity contribution in [2.75, 3.05) is 26.2 Å². The predicted octanol–water partition coefficient (Wildman–Crippen LogP) is 1.78. The normalized spacial score (nSPS) is 17.0. The average molecular weight is 346 g/mol. The van der Waals surface area contributed by atoms with Gasteiger partial charge in [-0.05, 0) is 19.0 Å². The molecule has 8 heteroatoms. The van der Waals surface area contributed by atoms with E-state index in [0.717, 1.165) is 19.2 Å². The maximum absolute atomic E-state index is 14.1. The number of sulfonamides is 1. The van der Waals surface area contributed by atoms with Crippen LogP contribution in [0.3, 0.4) is 0 Å². The summed E-state index contributed by atoms with van der Waals surface area (Å²) in [5, 5.41) is 3.76. The number of nitrogens with one attached hydrogen (secondary N) is 1. The predicted molar refractivity (Wildman–Crippen MR) is 85.2 cm³/mol. The van der Waals surface area contributed by atoms with Crippen LogP contribution >= 0.6 is 12.4 Å². The molecule has 0 bridgehead atoms. The van der Waals surface area contributed by atoms with Crippen LogP contribution in [0, 0.1) is 5.82 Å². The number of aromatic nitrogens is 1. The van der Waals surface area contributed by atoms with E-state index in [1.165, 1.54) is 16.6 Å². The van der Waals surface area contributed by atoms with Crippen molar-refractivity contribution in [3.05, 3.63) is 36.4 Å². The highest BCUT2D eigenvalue weighted by atomic mass is 35.5. The highest BCUT2D eigenvalue weighted by molar-refractivity contribution is 7.89. The SMILES string of the molecule is Cl.O=S(=O)(c1cccc2cncc(F)c12)N1CCCNCC1. The van der Waals surface area contributed by atoms with Crippen LogP contribution in [0.25, 0.3) is 10.8 Å². The molecule has 0 spiro atoms. The summed E-state index contributed by atoms with van der Waals surface area (Å²) < 4.78 is 41.1. The molecule has 1 aliphatic rings. The van der Waals surface area contributed by atoms with Crippen molar-refractivity contribution in [1.82, 2.24) is 14.6 Å². The van der Waals surface area contributed by atoms with Gasteiger partial charge in [-0.1, -0.05) is 12.1 Å². The maximum Gasteiger partial charge on any atom is 0.243 e. The van der Waals surface area contributed by atoms with E-state index in [4.69, 9.17) is 0 Å². The second-order valence-electron chi connectivity index (χ2n) is 4.98. The topological polar surface area (TPSA) is 62.3 Å². The minimum atomic E-state index is -3.71. The molecule has 1 aliphatic heterocycles. The van der Waals surface area contributed by atoms with Crippen LogP contribution in [0.4, 0.5) is 4.39 Å². The Kier molecular flexibility index (Phi) is 5.33. The van der Waals surface area contributed by atoms with Gasteiger partial charge in [0, 0.05) is 36.6 Å². The summed E-state index contributed by atoms with van der Waals surface area (Å²) in [6.45, 7) is 2.23. The lowest BCUT2D eigenvalue weighted by Crippen LogP contribution is -2.34. The van der Waals surface area contributed by atoms with E-state index in [1.807, 2.05) is 0 Å². The third-order valence-corrected chi connectivity index (χ3v) is 5.56. The number of pyridine rings is 1. The first-order valence-corrected chi connectivity index (χ1v) is 8.28. The number of rotatable bonds is 2. The van der Waals surface area contributed by atoms with Gasteiger partial charge in [0.05, 0.1) is 11.1 Å². The number of nitrogens with zero attached hydrogens (tertiary/aromatic N) is 2. The molecule has 0 saturated carbocycles. The van der Waals surface area contributed by atoms with Crippen molar-refractivity contribution in [3.63, 3.8) is 0 Å². The standard InChI is InChI=1S/C14H16FN3O2S.ClH/c15-12-10-17-9-11-3-1-4-13(14(11)12)21(19,20)18-7-2-5-16-6-8-18;/h1,3-4,9-10,16H,2,5-8H2;1H. The van der Waals surface area contributed by atoms with Crippen molar-refractivity contribution < 1.29 is 12.8 Å². The van der Waals surface area contributed by atoms with Crippen LogP contribution in [-0.2, 0) is 10.0 Å². The van der Waals surface area contributed by atoms with Gasteiger partial charge in [-0.3, -0.25) is 4.98 Å². The molecule has 0 amide bonds. The van der Waals surface area contributed by atoms with Crippen molar-refractivity contribution in [2.24, 2.45) is 0 Å². The lowest BCUT2D eigenvalue weighted by molar-refractivity contribution is 0.432. The van der Waals surface area contributed by atoms with Crippen LogP contribution in [0.2, 0.25) is 0 Å². The quantitative estimate of drug-likeness (QED) is 0.901. The molecule has 1 N–H and O–H groups in total. The fourth-order valence-corrected chi connectivity index (χ4v) is 4.28. The van der Waals surface area contributed by atoms with Crippen molar-refractivity contribution in [3.8, 4) is 0 Å². The zero-order valence-corrected chi connectivity index (χ0v) is 13.5. The molecule has 1 aromatic carbocycles. The van der Waals surface area contributed by atoms with Crippen LogP contribution < -0.4 is 5.32 Å². The summed E-state index contributed by atoms with van der Waals surface area (Å²) in [6, 6.07) is 4.74. The number of hydrogen-bond acceptors (Lipinski definition) is 4. The molecule has 0 unspecified atom stereocenters. The summed E-state index contributed by atoms with van der Waals surface area (Å²) in [6.07, 6.45) is 3.26. The Hall–Kier alpha value is -1.28. The second-order valence-corrected chi connectivity index (χ2v) is 6.89. The van der Waals surface area contributed by atoms with Gasteiger partial charge in [-0.15, -0.1) is 12.4 Å². The van der Waals surface area contributed by atoms with Gasteiger partial charge in [-0.2, -0.15) is 4.31 Å². The van der Waals surface area contributed by atoms with E-state index in [-0.39, 0.29) is 22.7 Å². The lowest BCUT2D eigenvalue weighted by Gasteiger charge is -2.20. The van der Waals surface area contributed by atoms with Gasteiger partial charge in [0.25, 0.3) is 0 Å². The molecule has 1 saturated heterocycles. The molecular formula is C14H17ClFN3O2S. The Balaban J connectivity index is 0.00000176. The van der Waals surface area contributed by atoms with Gasteiger partial charge in [0.15, 0.2) is 5.82 Å². The minimum Gasteiger partial charge on any atom is -0.315 e. The molecule has 0 atom stereocenters. The Bertz CT molecular complexity index is 757. The molecule has 1 aromatic heterocycles. The molecule has 0 aliphatic carbocycles. The van der Waals surface area contributed by atoms with Gasteiger partial charge >= 0.3 is 0 Å². The zero-order chi connectivity index (χ0) is 14.9. The van der Waals surface area contributed by atoms with Crippen molar-refractivity contribution in [2.45, 2.75) is 11.3 Å². The zero-order valence-electron chi connectivity index (χ0n) is 11.8. The summed E-state index contributed by atoms with van der Waals surface area (Å²) in [7, 11) is -3.71. The monoisotopic (exact) mass is 345 g/mol. The molecule has 3 rings (SSSR count). The molecule has 1 fully saturated rings. The molecular weight excluding hydrogens is 329 g/mol. The van der Waals surface area contributed by atoms with E-state index in [0.29, 0.717) is 25.0 Å². The summed E-state index contributed by atoms with van der Waals surface area (Å²) in [5.41, 5.74) is 0. The van der Waals surface area contributed by atoms with E-state index in [2.05, 4.69) is 10.3 Å². The first kappa shape index (κ1) is 17.1. The first-order chi connectivity index (χ1) is 10.1. The van der Waals surface area contributed by atoms with E-state index in [1.54, 1.807) is 12.1 Å². The second kappa shape index (κ2) is 6.87. The van der Waals surface area contributed by atoms with Gasteiger partial charge in [0.2, 0.25) is 10.0 Å². The summed E-state index contributed by atoms with van der Waals surface area (Å²) >= 11 is 0. The third-order valence-electron chi connectivity index (χ3n) is 3.62. The fraction of sp³-hybridized carbons (Fsp3) is 0.357. The van der Waals surface area contributed by atoms with Crippen molar-refractivity contribution >= 4 is 33.2 Å². The van der Waals surface area contributed by atoms with Crippen LogP contribution in [0.15, 0.2) is 35.5 Å². The van der Waals surface area contributed by atoms with E-state index < -0.39 is 15.8 Å². The number of halogens is 2. The Morgan fingerprint density at radius 2 is 2.00 bits per heavy atom. The highest BCUT2D eigenvalue weighted by Gasteiger charge is 2.27. The summed E-state index contributed by atoms with van der Waals surface area (Å²) in [5.74, 6) is -0.611. The van der Waals surface area contributed by atoms with Crippen molar-refractivity contribution in [1.29, 1.82) is 0 Å². The average Bonchev–Trinajstić information content (AvgIpc) is 2.76. The Labute approximate surface area is 135 Å². The van der Waals surface area contributed by atoms with Crippen LogP contribution in [0.5, 0.6) is 0 Å². The van der Waals surface area contributed by atoms with Gasteiger partial charge in [0.1, 0.15) is 0 Å². The smallest absolute Gasteiger partial charge is 0.243 e. The summed E-state index contributed by atoms with van der Waals surface area (Å²) in [4.78, 5) is 3.79. The number of fused-ring (bicyclic) bond motifs is 1. The number of benzene rings is 1. The molecule has 2 heterocycles. The molecule has 5 nitrogen and oxygen atoms in total. The lowest BCUT2D eigenvalue weighted by atomic mass is 10.2. The number of hydrogen-bond donors (Lipinski definition) is 1. The van der Waals surface area contributed by atoms with Crippen LogP contribution in [0.1, 0.15) is 6.42 Å². The van der Waals surface area contributed by atoms with E-state index in [9.17, 15) is 12.8 Å². The Morgan fingerprint density at radius 3 is 2.82 bits per heavy atom. The molecule has 2 aromatic rings. The fourth-order valence-electron chi connectivity index (χ4n) is 2.57. The van der Waals surface area contributed by atoms with Gasteiger partial charge < -0.3 is 5.32 Å². The molecule has 0 radical (unpaired) electrons. The van der Waals surface area contributed by atoms with Crippen LogP contribution in [-0.4, -0.2) is 43.9 Å². The van der Waals surface area contributed by atoms with Gasteiger partial charge in [-0.25, -0.2) is 12.8 Å². The molecule has 120 valence electrons. The third kappa shape index (κ3) is 3.08. The van der Waals surface area contributed by atoms with E-state index >= 15 is 0 Å². The minimum absolute atomic E-state index is 0. The largest absolute Gasteiger partial charge is 0.315 e. The maximum atomic E-state index is 14.1. The molecule has 22 heavy (non-hydrogen) atoms. The highest BCUT2D eigenvalue weighted by Crippen LogP contribution is 2.27.